The molecule has 18 N–H and O–H groups in total. The highest BCUT2D eigenvalue weighted by Gasteiger charge is 2.45. The van der Waals surface area contributed by atoms with Gasteiger partial charge in [-0.2, -0.15) is 23.5 Å². The number of benzene rings is 4. The first-order valence-corrected chi connectivity index (χ1v) is 44.8. The molecule has 1 saturated heterocycles. The number of carboxylic acids is 1. The van der Waals surface area contributed by atoms with Gasteiger partial charge >= 0.3 is 5.97 Å². The van der Waals surface area contributed by atoms with E-state index in [-0.39, 0.29) is 128 Å². The zero-order chi connectivity index (χ0) is 91.0. The summed E-state index contributed by atoms with van der Waals surface area (Å²) in [7, 11) is 1.33. The highest BCUT2D eigenvalue weighted by atomic mass is 32.2. The van der Waals surface area contributed by atoms with E-state index in [4.69, 9.17) is 11.5 Å². The third-order valence-electron chi connectivity index (χ3n) is 23.7. The van der Waals surface area contributed by atoms with Crippen molar-refractivity contribution in [2.24, 2.45) is 35.1 Å². The number of aromatic hydroxyl groups is 1. The van der Waals surface area contributed by atoms with Crippen LogP contribution in [0.2, 0.25) is 0 Å². The quantitative estimate of drug-likeness (QED) is 0.0386. The number of aromatic amines is 3. The largest absolute Gasteiger partial charge is 0.508 e. The van der Waals surface area contributed by atoms with Crippen LogP contribution in [0.1, 0.15) is 130 Å². The van der Waals surface area contributed by atoms with E-state index < -0.39 is 199 Å². The molecule has 2 saturated carbocycles. The minimum Gasteiger partial charge on any atom is -0.508 e. The summed E-state index contributed by atoms with van der Waals surface area (Å²) in [6, 6.07) is 6.43. The molecule has 680 valence electrons. The van der Waals surface area contributed by atoms with Gasteiger partial charge in [-0.1, -0.05) is 48.5 Å². The molecule has 0 radical (unpaired) electrons. The van der Waals surface area contributed by atoms with Crippen LogP contribution >= 0.6 is 23.5 Å². The molecule has 39 heteroatoms. The molecule has 2 bridgehead atoms. The maximum atomic E-state index is 15.5. The molecule has 15 atom stereocenters. The number of imidazole rings is 2. The number of carbonyl (C=O) groups excluding carboxylic acids is 13. The number of fused-ring (bicyclic) bond motifs is 5. The van der Waals surface area contributed by atoms with Crippen LogP contribution in [-0.4, -0.2) is 232 Å². The zero-order valence-electron chi connectivity index (χ0n) is 70.4. The molecule has 3 aromatic heterocycles. The summed E-state index contributed by atoms with van der Waals surface area (Å²) in [6.07, 6.45) is 5.69. The number of ketones is 1. The zero-order valence-corrected chi connectivity index (χ0v) is 72.0. The van der Waals surface area contributed by atoms with Crippen LogP contribution in [0, 0.1) is 35.3 Å². The first-order valence-electron chi connectivity index (χ1n) is 42.5. The molecule has 4 unspecified atom stereocenters. The Morgan fingerprint density at radius 2 is 1.31 bits per heavy atom. The Morgan fingerprint density at radius 3 is 1.99 bits per heavy atom. The Morgan fingerprint density at radius 1 is 0.669 bits per heavy atom. The van der Waals surface area contributed by atoms with E-state index in [0.29, 0.717) is 60.9 Å². The van der Waals surface area contributed by atoms with Crippen molar-refractivity contribution in [1.29, 1.82) is 0 Å². The van der Waals surface area contributed by atoms with E-state index in [9.17, 15) is 48.2 Å². The number of phenols is 1. The molecule has 0 spiro atoms. The van der Waals surface area contributed by atoms with E-state index in [0.717, 1.165) is 28.2 Å². The van der Waals surface area contributed by atoms with Crippen molar-refractivity contribution in [2.75, 3.05) is 38.2 Å². The van der Waals surface area contributed by atoms with E-state index in [1.54, 1.807) is 6.07 Å². The van der Waals surface area contributed by atoms with Gasteiger partial charge in [-0.05, 0) is 165 Å². The second kappa shape index (κ2) is 45.9. The summed E-state index contributed by atoms with van der Waals surface area (Å²) < 4.78 is 45.2. The number of aliphatic carboxylic acids is 1. The Balaban J connectivity index is 0.942. The van der Waals surface area contributed by atoms with Gasteiger partial charge < -0.3 is 94.3 Å². The van der Waals surface area contributed by atoms with Crippen LogP contribution < -0.4 is 59.3 Å². The molecule has 11 rings (SSSR count). The number of nitrogens with zero attached hydrogens (tertiary/aromatic N) is 4. The summed E-state index contributed by atoms with van der Waals surface area (Å²) >= 11 is 2.48. The minimum atomic E-state index is -2.04. The number of amides is 12. The topological polar surface area (TPSA) is 519 Å². The van der Waals surface area contributed by atoms with Crippen LogP contribution in [0.5, 0.6) is 5.75 Å². The maximum Gasteiger partial charge on any atom is 0.305 e. The van der Waals surface area contributed by atoms with Crippen molar-refractivity contribution in [3.05, 3.63) is 173 Å². The Hall–Kier alpha value is -12.1. The van der Waals surface area contributed by atoms with Crippen LogP contribution in [-0.2, 0) is 111 Å². The maximum absolute atomic E-state index is 15.5. The third-order valence-corrected chi connectivity index (χ3v) is 26.0. The number of hydrogen-bond donors (Lipinski definition) is 16. The number of likely N-dealkylation sites (N-methyl/N-ethyl adjacent to an activating group) is 1. The fraction of sp³-hybridized carbons (Fsp3) is 0.477. The second-order valence-corrected chi connectivity index (χ2v) is 35.0. The number of alkyl halides is 1. The number of aromatic nitrogens is 5. The summed E-state index contributed by atoms with van der Waals surface area (Å²) in [5.41, 5.74) is 15.6. The normalized spacial score (nSPS) is 24.3. The van der Waals surface area contributed by atoms with Gasteiger partial charge in [-0.15, -0.1) is 0 Å². The van der Waals surface area contributed by atoms with Crippen LogP contribution in [0.3, 0.4) is 0 Å². The summed E-state index contributed by atoms with van der Waals surface area (Å²) in [5, 5.41) is 45.1. The SMILES string of the molecule is CC(=O)N[C@@H](Cc1c[nH]cn1)C(=O)N(C)[C@@H](Cc1ccc(F)cc1)C(=O)N[C@H]1CSCc2cccc(c2)CSC[C@@H](C(N)=O)CC(=O)[C@@H]2CCCN2C(=O)[C@H](Cc2ccc(O)cc2)NC(=O)[C@H](Cc2c[nH]cn2)NC(=O)[C@H](CC(=O)O)NC(=O)[C@H](CC2CCC3CCC(F)CC32)NC(=O)[C@H](Cc2c[nH]c3ccc(F)cc23)NC(=O)CNC(=O)[C@H](CCCCN)NC1=O. The number of carboxylic acid groups (broad SMARTS) is 1. The number of halogens is 3. The molecule has 4 aromatic carbocycles. The number of nitrogens with one attached hydrogen (secondary N) is 12. The average Bonchev–Trinajstić information content (AvgIpc) is 1.62. The van der Waals surface area contributed by atoms with Gasteiger partial charge in [0.2, 0.25) is 70.9 Å². The minimum absolute atomic E-state index is 0.0269. The molecule has 5 heterocycles. The molecule has 127 heavy (non-hydrogen) atoms. The number of Topliss-reactive ketones (excluding diaryl/α,β-unsaturated/α-hetero) is 1. The smallest absolute Gasteiger partial charge is 0.305 e. The lowest BCUT2D eigenvalue weighted by Gasteiger charge is -2.33. The molecular formula is C88H109F3N18O16S2. The van der Waals surface area contributed by atoms with E-state index in [1.165, 1.54) is 128 Å². The van der Waals surface area contributed by atoms with Gasteiger partial charge in [-0.3, -0.25) is 67.1 Å². The fourth-order valence-corrected chi connectivity index (χ4v) is 19.2. The van der Waals surface area contributed by atoms with Crippen molar-refractivity contribution < 1.29 is 90.5 Å². The van der Waals surface area contributed by atoms with Gasteiger partial charge in [0, 0.05) is 112 Å². The standard InChI is InChI=1S/C88H109F3N18O16S2/c1-48(110)100-72(36-61-40-95-47-99-61)87(124)108(2)75(29-50-11-18-57(89)19-12-50)86(123)107-73-45-127-43-52-8-5-7-51(27-52)42-126-44-56(79(93)116)32-76(112)74-10-6-26-109(74)88(125)71(28-49-13-22-62(111)23-14-49)106-83(120)69(35-60-39-94-46-98-60)104-84(121)70(37-78(114)115)105-82(119)68(30-54-16-15-53-17-20-58(90)33-63(53)54)103-81(118)67(31-55-38-96-65-24-21-59(91)34-64(55)65)101-77(113)41-97-80(117)66(102-85(73)122)9-3-4-25-92/h5,7-8,11-14,18-19,21-24,27,34,38-40,46-47,53-54,56,58,63,66-75,96,111H,3-4,6,9-10,15-17,20,25-26,28-33,35-37,41-45,92H2,1-2H3,(H2,93,116)(H,94,98)(H,95,99)(H,97,117)(H,100,110)(H,101,113)(H,102,122)(H,103,118)(H,104,121)(H,105,119)(H,106,120)(H,107,123)(H,114,115)/t53?,54?,56-,58?,63?,66-,67-,68-,69-,70-,71-,72-,73-,74-,75-/m0/s1. The lowest BCUT2D eigenvalue weighted by atomic mass is 9.75. The second-order valence-electron chi connectivity index (χ2n) is 33.0. The highest BCUT2D eigenvalue weighted by molar-refractivity contribution is 7.98. The number of primary amides is 1. The molecule has 2 aliphatic carbocycles. The third kappa shape index (κ3) is 27.4. The Bertz CT molecular complexity index is 5030. The number of nitrogens with two attached hydrogens (primary N) is 2. The number of rotatable bonds is 24. The summed E-state index contributed by atoms with van der Waals surface area (Å²) in [6.45, 7) is 0.490. The van der Waals surface area contributed by atoms with Gasteiger partial charge in [0.25, 0.3) is 0 Å². The van der Waals surface area contributed by atoms with Gasteiger partial charge in [0.15, 0.2) is 5.78 Å². The molecule has 4 aliphatic rings. The average molecular weight is 1800 g/mol. The number of carbonyl (C=O) groups is 14. The number of H-pyrrole nitrogens is 3. The first kappa shape index (κ1) is 95.5. The number of unbranched alkanes of at least 4 members (excludes halogenated alkanes) is 1. The van der Waals surface area contributed by atoms with Gasteiger partial charge in [0.1, 0.15) is 77.9 Å². The van der Waals surface area contributed by atoms with Crippen molar-refractivity contribution in [3.8, 4) is 5.75 Å². The molecule has 34 nitrogen and oxygen atoms in total. The lowest BCUT2D eigenvalue weighted by molar-refractivity contribution is -0.142. The molecule has 12 amide bonds. The molecular weight excluding hydrogens is 1690 g/mol. The van der Waals surface area contributed by atoms with Crippen LogP contribution in [0.4, 0.5) is 13.2 Å². The van der Waals surface area contributed by atoms with Crippen LogP contribution in [0.15, 0.2) is 122 Å². The van der Waals surface area contributed by atoms with E-state index in [2.05, 4.69) is 72.8 Å². The highest BCUT2D eigenvalue weighted by Crippen LogP contribution is 2.48. The number of hydrogen-bond acceptors (Lipinski definition) is 20. The van der Waals surface area contributed by atoms with Crippen molar-refractivity contribution in [3.63, 3.8) is 0 Å². The molecule has 7 aromatic rings. The predicted molar refractivity (Wildman–Crippen MR) is 463 cm³/mol. The van der Waals surface area contributed by atoms with E-state index >= 15 is 42.3 Å². The first-order chi connectivity index (χ1) is 60.9. The Kier molecular flexibility index (Phi) is 34.5. The van der Waals surface area contributed by atoms with Crippen LogP contribution in [0.25, 0.3) is 10.9 Å². The van der Waals surface area contributed by atoms with Crippen molar-refractivity contribution >= 4 is 117 Å². The summed E-state index contributed by atoms with van der Waals surface area (Å²) in [4.78, 5) is 224. The predicted octanol–water partition coefficient (Wildman–Crippen LogP) is 3.34. The Labute approximate surface area is 739 Å². The molecule has 2 aliphatic heterocycles. The lowest BCUT2D eigenvalue weighted by Crippen LogP contribution is -2.61. The van der Waals surface area contributed by atoms with E-state index in [1.807, 2.05) is 18.2 Å². The fourth-order valence-electron chi connectivity index (χ4n) is 17.1. The number of thioether (sulfide) groups is 2. The monoisotopic (exact) mass is 1790 g/mol. The van der Waals surface area contributed by atoms with Crippen molar-refractivity contribution in [1.82, 2.24) is 82.6 Å². The van der Waals surface area contributed by atoms with Crippen molar-refractivity contribution in [2.45, 2.75) is 201 Å². The summed E-state index contributed by atoms with van der Waals surface area (Å²) in [5.74, 6) is -16.0. The molecule has 3 fully saturated rings. The van der Waals surface area contributed by atoms with Gasteiger partial charge in [0.05, 0.1) is 49.0 Å². The number of phenolic OH excluding ortho intramolecular Hbond substituents is 1. The van der Waals surface area contributed by atoms with Gasteiger partial charge in [-0.25, -0.2) is 23.1 Å².